The summed E-state index contributed by atoms with van der Waals surface area (Å²) in [4.78, 5) is 27.9. The number of rotatable bonds is 3. The van der Waals surface area contributed by atoms with Crippen molar-refractivity contribution in [3.05, 3.63) is 28.1 Å². The maximum atomic E-state index is 12.0. The Labute approximate surface area is 101 Å². The fourth-order valence-corrected chi connectivity index (χ4v) is 2.22. The van der Waals surface area contributed by atoms with Crippen LogP contribution in [0.3, 0.4) is 0 Å². The van der Waals surface area contributed by atoms with E-state index in [1.165, 1.54) is 22.2 Å². The quantitative estimate of drug-likeness (QED) is 0.900. The Morgan fingerprint density at radius 1 is 1.59 bits per heavy atom. The van der Waals surface area contributed by atoms with E-state index >= 15 is 0 Å². The lowest BCUT2D eigenvalue weighted by molar-refractivity contribution is -0.147. The van der Waals surface area contributed by atoms with Crippen molar-refractivity contribution in [1.29, 1.82) is 0 Å². The molecule has 2 aromatic heterocycles. The molecule has 2 aromatic rings. The second kappa shape index (κ2) is 3.96. The third-order valence-electron chi connectivity index (χ3n) is 2.60. The standard InChI is InChI=1S/C11H12N2O3S/c1-11(2,10(15)16)5-13-6-12-8-7(9(13)14)3-4-17-8/h3-4,6H,5H2,1-2H3,(H,15,16). The Balaban J connectivity index is 2.47. The van der Waals surface area contributed by atoms with E-state index in [2.05, 4.69) is 4.98 Å². The van der Waals surface area contributed by atoms with Crippen LogP contribution in [0.15, 0.2) is 22.6 Å². The summed E-state index contributed by atoms with van der Waals surface area (Å²) in [7, 11) is 0. The number of aromatic nitrogens is 2. The van der Waals surface area contributed by atoms with Gasteiger partial charge in [-0.3, -0.25) is 14.2 Å². The molecule has 0 aliphatic rings. The highest BCUT2D eigenvalue weighted by Gasteiger charge is 2.28. The molecular weight excluding hydrogens is 240 g/mol. The molecule has 2 heterocycles. The number of nitrogens with zero attached hydrogens (tertiary/aromatic N) is 2. The van der Waals surface area contributed by atoms with E-state index in [0.29, 0.717) is 10.2 Å². The number of hydrogen-bond donors (Lipinski definition) is 1. The van der Waals surface area contributed by atoms with Crippen LogP contribution >= 0.6 is 11.3 Å². The van der Waals surface area contributed by atoms with Crippen LogP contribution in [-0.2, 0) is 11.3 Å². The van der Waals surface area contributed by atoms with Gasteiger partial charge in [-0.15, -0.1) is 11.3 Å². The van der Waals surface area contributed by atoms with Gasteiger partial charge in [-0.2, -0.15) is 0 Å². The van der Waals surface area contributed by atoms with E-state index < -0.39 is 11.4 Å². The second-order valence-corrected chi connectivity index (χ2v) is 5.40. The molecule has 17 heavy (non-hydrogen) atoms. The highest BCUT2D eigenvalue weighted by Crippen LogP contribution is 2.18. The Kier molecular flexibility index (Phi) is 2.74. The molecule has 0 bridgehead atoms. The molecule has 0 unspecified atom stereocenters. The normalized spacial score (nSPS) is 11.9. The first-order valence-electron chi connectivity index (χ1n) is 5.08. The molecule has 0 aliphatic heterocycles. The SMILES string of the molecule is CC(C)(Cn1cnc2sccc2c1=O)C(=O)O. The first-order valence-corrected chi connectivity index (χ1v) is 5.96. The molecule has 0 fully saturated rings. The molecule has 0 atom stereocenters. The molecule has 0 aliphatic carbocycles. The summed E-state index contributed by atoms with van der Waals surface area (Å²) in [6, 6.07) is 1.71. The molecule has 0 saturated carbocycles. The van der Waals surface area contributed by atoms with Gasteiger partial charge >= 0.3 is 5.97 Å². The lowest BCUT2D eigenvalue weighted by Gasteiger charge is -2.19. The molecule has 0 amide bonds. The highest BCUT2D eigenvalue weighted by molar-refractivity contribution is 7.16. The zero-order chi connectivity index (χ0) is 12.6. The number of aliphatic carboxylic acids is 1. The van der Waals surface area contributed by atoms with Crippen LogP contribution < -0.4 is 5.56 Å². The van der Waals surface area contributed by atoms with Gasteiger partial charge in [0.05, 0.1) is 17.1 Å². The average molecular weight is 252 g/mol. The summed E-state index contributed by atoms with van der Waals surface area (Å²) >= 11 is 1.39. The first kappa shape index (κ1) is 11.8. The summed E-state index contributed by atoms with van der Waals surface area (Å²) in [6.45, 7) is 3.28. The van der Waals surface area contributed by atoms with Gasteiger partial charge in [-0.1, -0.05) is 0 Å². The van der Waals surface area contributed by atoms with Crippen LogP contribution in [0.1, 0.15) is 13.8 Å². The van der Waals surface area contributed by atoms with Gasteiger partial charge in [-0.25, -0.2) is 4.98 Å². The number of carboxylic acids is 1. The topological polar surface area (TPSA) is 72.2 Å². The molecule has 1 N–H and O–H groups in total. The summed E-state index contributed by atoms with van der Waals surface area (Å²) in [5, 5.41) is 11.4. The molecule has 6 heteroatoms. The number of carbonyl (C=O) groups is 1. The molecule has 0 saturated heterocycles. The van der Waals surface area contributed by atoms with Gasteiger partial charge in [0.2, 0.25) is 0 Å². The van der Waals surface area contributed by atoms with Crippen LogP contribution in [0.5, 0.6) is 0 Å². The molecule has 2 rings (SSSR count). The van der Waals surface area contributed by atoms with Crippen LogP contribution in [0.25, 0.3) is 10.2 Å². The number of carboxylic acid groups (broad SMARTS) is 1. The predicted octanol–water partition coefficient (Wildman–Crippen LogP) is 1.57. The van der Waals surface area contributed by atoms with Crippen molar-refractivity contribution in [3.8, 4) is 0 Å². The smallest absolute Gasteiger partial charge is 0.310 e. The molecule has 0 spiro atoms. The minimum Gasteiger partial charge on any atom is -0.481 e. The van der Waals surface area contributed by atoms with Gasteiger partial charge in [0.15, 0.2) is 0 Å². The van der Waals surface area contributed by atoms with Crippen molar-refractivity contribution in [2.75, 3.05) is 0 Å². The van der Waals surface area contributed by atoms with Gasteiger partial charge < -0.3 is 5.11 Å². The van der Waals surface area contributed by atoms with Crippen LogP contribution in [0, 0.1) is 5.41 Å². The largest absolute Gasteiger partial charge is 0.481 e. The van der Waals surface area contributed by atoms with Crippen molar-refractivity contribution >= 4 is 27.5 Å². The first-order chi connectivity index (χ1) is 7.92. The third kappa shape index (κ3) is 2.08. The van der Waals surface area contributed by atoms with Crippen molar-refractivity contribution in [2.45, 2.75) is 20.4 Å². The van der Waals surface area contributed by atoms with Crippen LogP contribution in [0.2, 0.25) is 0 Å². The maximum Gasteiger partial charge on any atom is 0.310 e. The Morgan fingerprint density at radius 2 is 2.29 bits per heavy atom. The van der Waals surface area contributed by atoms with Gasteiger partial charge in [0.25, 0.3) is 5.56 Å². The van der Waals surface area contributed by atoms with Gasteiger partial charge in [0, 0.05) is 6.54 Å². The molecule has 0 radical (unpaired) electrons. The number of thiophene rings is 1. The Hall–Kier alpha value is -1.69. The van der Waals surface area contributed by atoms with Crippen molar-refractivity contribution < 1.29 is 9.90 Å². The van der Waals surface area contributed by atoms with Gasteiger partial charge in [0.1, 0.15) is 4.83 Å². The van der Waals surface area contributed by atoms with E-state index in [4.69, 9.17) is 5.11 Å². The maximum absolute atomic E-state index is 12.0. The summed E-state index contributed by atoms with van der Waals surface area (Å²) in [5.41, 5.74) is -1.18. The van der Waals surface area contributed by atoms with Crippen molar-refractivity contribution in [2.24, 2.45) is 5.41 Å². The minimum absolute atomic E-state index is 0.111. The lowest BCUT2D eigenvalue weighted by Crippen LogP contribution is -2.34. The minimum atomic E-state index is -0.991. The monoisotopic (exact) mass is 252 g/mol. The number of fused-ring (bicyclic) bond motifs is 1. The second-order valence-electron chi connectivity index (χ2n) is 4.51. The van der Waals surface area contributed by atoms with Crippen molar-refractivity contribution in [3.63, 3.8) is 0 Å². The Morgan fingerprint density at radius 3 is 2.94 bits per heavy atom. The van der Waals surface area contributed by atoms with Crippen molar-refractivity contribution in [1.82, 2.24) is 9.55 Å². The molecule has 90 valence electrons. The zero-order valence-corrected chi connectivity index (χ0v) is 10.3. The predicted molar refractivity (Wildman–Crippen MR) is 65.3 cm³/mol. The fourth-order valence-electron chi connectivity index (χ4n) is 1.50. The average Bonchev–Trinajstić information content (AvgIpc) is 2.70. The van der Waals surface area contributed by atoms with Gasteiger partial charge in [-0.05, 0) is 25.3 Å². The summed E-state index contributed by atoms with van der Waals surface area (Å²) in [5.74, 6) is -0.935. The van der Waals surface area contributed by atoms with E-state index in [-0.39, 0.29) is 12.1 Å². The third-order valence-corrected chi connectivity index (χ3v) is 3.42. The van der Waals surface area contributed by atoms with E-state index in [1.807, 2.05) is 0 Å². The zero-order valence-electron chi connectivity index (χ0n) is 9.51. The lowest BCUT2D eigenvalue weighted by atomic mass is 9.94. The Bertz CT molecular complexity index is 627. The number of hydrogen-bond acceptors (Lipinski definition) is 4. The van der Waals surface area contributed by atoms with E-state index in [9.17, 15) is 9.59 Å². The van der Waals surface area contributed by atoms with E-state index in [0.717, 1.165) is 0 Å². The molecular formula is C11H12N2O3S. The van der Waals surface area contributed by atoms with E-state index in [1.54, 1.807) is 25.3 Å². The van der Waals surface area contributed by atoms with Crippen LogP contribution in [-0.4, -0.2) is 20.6 Å². The summed E-state index contributed by atoms with van der Waals surface area (Å²) < 4.78 is 1.35. The molecule has 5 nitrogen and oxygen atoms in total. The molecule has 0 aromatic carbocycles. The summed E-state index contributed by atoms with van der Waals surface area (Å²) in [6.07, 6.45) is 1.41. The fraction of sp³-hybridized carbons (Fsp3) is 0.364. The van der Waals surface area contributed by atoms with Crippen LogP contribution in [0.4, 0.5) is 0 Å². The highest BCUT2D eigenvalue weighted by atomic mass is 32.1.